The minimum Gasteiger partial charge on any atom is -0.359 e. The van der Waals surface area contributed by atoms with Gasteiger partial charge in [0.15, 0.2) is 0 Å². The Labute approximate surface area is 116 Å². The molecule has 0 saturated heterocycles. The summed E-state index contributed by atoms with van der Waals surface area (Å²) < 4.78 is 0. The van der Waals surface area contributed by atoms with Crippen molar-refractivity contribution in [1.29, 1.82) is 5.26 Å². The largest absolute Gasteiger partial charge is 0.359 e. The summed E-state index contributed by atoms with van der Waals surface area (Å²) in [6.07, 6.45) is 8.02. The van der Waals surface area contributed by atoms with E-state index in [2.05, 4.69) is 42.2 Å². The van der Waals surface area contributed by atoms with Crippen molar-refractivity contribution in [3.63, 3.8) is 0 Å². The van der Waals surface area contributed by atoms with E-state index in [9.17, 15) is 5.26 Å². The fourth-order valence-corrected chi connectivity index (χ4v) is 3.19. The number of allylic oxidation sites excluding steroid dienone is 2. The van der Waals surface area contributed by atoms with Crippen molar-refractivity contribution in [2.45, 2.75) is 32.2 Å². The molecule has 0 N–H and O–H groups in total. The summed E-state index contributed by atoms with van der Waals surface area (Å²) in [7, 11) is 2.04. The van der Waals surface area contributed by atoms with Crippen LogP contribution >= 0.6 is 0 Å². The van der Waals surface area contributed by atoms with E-state index < -0.39 is 0 Å². The molecule has 0 aliphatic heterocycles. The van der Waals surface area contributed by atoms with Crippen molar-refractivity contribution in [2.24, 2.45) is 11.8 Å². The lowest BCUT2D eigenvalue weighted by atomic mass is 9.88. The van der Waals surface area contributed by atoms with Gasteiger partial charge in [-0.05, 0) is 43.7 Å². The smallest absolute Gasteiger partial charge is 0.120 e. The van der Waals surface area contributed by atoms with Crippen LogP contribution in [-0.4, -0.2) is 13.1 Å². The molecular weight excluding hydrogens is 232 g/mol. The van der Waals surface area contributed by atoms with Crippen LogP contribution in [0.2, 0.25) is 0 Å². The molecule has 1 aliphatic rings. The lowest BCUT2D eigenvalue weighted by molar-refractivity contribution is 0.410. The molecule has 0 aromatic heterocycles. The molecule has 0 spiro atoms. The molecule has 0 bridgehead atoms. The Morgan fingerprint density at radius 2 is 2.05 bits per heavy atom. The van der Waals surface area contributed by atoms with E-state index in [4.69, 9.17) is 0 Å². The molecule has 0 unspecified atom stereocenters. The van der Waals surface area contributed by atoms with Crippen molar-refractivity contribution >= 4 is 5.69 Å². The Morgan fingerprint density at radius 3 is 2.68 bits per heavy atom. The number of hydrogen-bond acceptors (Lipinski definition) is 2. The van der Waals surface area contributed by atoms with E-state index in [1.807, 2.05) is 25.2 Å². The van der Waals surface area contributed by atoms with Gasteiger partial charge in [-0.1, -0.05) is 36.8 Å². The lowest BCUT2D eigenvalue weighted by Gasteiger charge is -2.31. The Kier molecular flexibility index (Phi) is 4.63. The molecule has 3 atom stereocenters. The van der Waals surface area contributed by atoms with Crippen LogP contribution in [0.1, 0.15) is 26.2 Å². The van der Waals surface area contributed by atoms with Gasteiger partial charge in [-0.25, -0.2) is 0 Å². The van der Waals surface area contributed by atoms with Gasteiger partial charge in [0.05, 0.1) is 6.07 Å². The predicted molar refractivity (Wildman–Crippen MR) is 79.9 cm³/mol. The summed E-state index contributed by atoms with van der Waals surface area (Å²) in [5.41, 5.74) is 1.13. The van der Waals surface area contributed by atoms with Crippen LogP contribution in [0.4, 0.5) is 5.69 Å². The summed E-state index contributed by atoms with van der Waals surface area (Å²) in [6.45, 7) is 2.07. The Hall–Kier alpha value is -1.75. The third-order valence-corrected chi connectivity index (χ3v) is 4.18. The maximum atomic E-state index is 9.59. The van der Waals surface area contributed by atoms with Gasteiger partial charge >= 0.3 is 0 Å². The second-order valence-corrected chi connectivity index (χ2v) is 5.30. The molecule has 1 saturated carbocycles. The average molecular weight is 254 g/mol. The number of para-hydroxylation sites is 1. The fourth-order valence-electron chi connectivity index (χ4n) is 3.19. The summed E-state index contributed by atoms with van der Waals surface area (Å²) >= 11 is 0. The predicted octanol–water partition coefficient (Wildman–Crippen LogP) is 4.01. The minimum atomic E-state index is -0.0360. The fraction of sp³-hybridized carbons (Fsp3) is 0.471. The zero-order chi connectivity index (χ0) is 13.7. The van der Waals surface area contributed by atoms with E-state index >= 15 is 0 Å². The molecule has 1 aliphatic carbocycles. The second kappa shape index (κ2) is 6.43. The van der Waals surface area contributed by atoms with E-state index in [-0.39, 0.29) is 6.04 Å². The maximum Gasteiger partial charge on any atom is 0.120 e. The maximum absolute atomic E-state index is 9.59. The first-order chi connectivity index (χ1) is 9.27. The van der Waals surface area contributed by atoms with Crippen LogP contribution in [-0.2, 0) is 0 Å². The van der Waals surface area contributed by atoms with Gasteiger partial charge in [0.2, 0.25) is 0 Å². The third-order valence-electron chi connectivity index (χ3n) is 4.18. The molecular formula is C17H22N2. The molecule has 1 fully saturated rings. The van der Waals surface area contributed by atoms with Crippen molar-refractivity contribution in [3.05, 3.63) is 42.5 Å². The Bertz CT molecular complexity index is 458. The zero-order valence-corrected chi connectivity index (χ0v) is 11.8. The van der Waals surface area contributed by atoms with Crippen LogP contribution in [0.25, 0.3) is 0 Å². The highest BCUT2D eigenvalue weighted by Gasteiger charge is 2.34. The van der Waals surface area contributed by atoms with Crippen molar-refractivity contribution in [3.8, 4) is 6.07 Å². The van der Waals surface area contributed by atoms with E-state index in [0.717, 1.165) is 12.1 Å². The van der Waals surface area contributed by atoms with Gasteiger partial charge in [0.25, 0.3) is 0 Å². The summed E-state index contributed by atoms with van der Waals surface area (Å²) in [6, 6.07) is 12.7. The molecule has 1 aromatic carbocycles. The summed E-state index contributed by atoms with van der Waals surface area (Å²) in [4.78, 5) is 2.13. The first-order valence-electron chi connectivity index (χ1n) is 7.08. The monoisotopic (exact) mass is 254 g/mol. The normalized spacial score (nSPS) is 24.3. The third kappa shape index (κ3) is 2.98. The Morgan fingerprint density at radius 1 is 1.32 bits per heavy atom. The SMILES string of the molecule is C/C=C/[C@@H]1CCC[C@H]1[C@H](C#N)N(C)c1ccccc1. The molecule has 19 heavy (non-hydrogen) atoms. The van der Waals surface area contributed by atoms with Gasteiger partial charge in [-0.15, -0.1) is 0 Å². The molecule has 2 heteroatoms. The van der Waals surface area contributed by atoms with Crippen LogP contribution in [0.3, 0.4) is 0 Å². The number of hydrogen-bond donors (Lipinski definition) is 0. The topological polar surface area (TPSA) is 27.0 Å². The number of benzene rings is 1. The molecule has 1 aromatic rings. The molecule has 0 radical (unpaired) electrons. The van der Waals surface area contributed by atoms with Gasteiger partial charge in [0.1, 0.15) is 6.04 Å². The van der Waals surface area contributed by atoms with Gasteiger partial charge in [0, 0.05) is 12.7 Å². The quantitative estimate of drug-likeness (QED) is 0.759. The van der Waals surface area contributed by atoms with Crippen LogP contribution in [0.5, 0.6) is 0 Å². The highest BCUT2D eigenvalue weighted by atomic mass is 15.1. The first kappa shape index (κ1) is 13.7. The van der Waals surface area contributed by atoms with Crippen molar-refractivity contribution in [1.82, 2.24) is 0 Å². The number of rotatable bonds is 4. The molecule has 0 amide bonds. The highest BCUT2D eigenvalue weighted by Crippen LogP contribution is 2.37. The van der Waals surface area contributed by atoms with Gasteiger partial charge < -0.3 is 4.90 Å². The van der Waals surface area contributed by atoms with E-state index in [1.54, 1.807) is 0 Å². The van der Waals surface area contributed by atoms with Crippen LogP contribution < -0.4 is 4.90 Å². The molecule has 2 nitrogen and oxygen atoms in total. The molecule has 0 heterocycles. The summed E-state index contributed by atoms with van der Waals surface area (Å²) in [5, 5.41) is 9.59. The van der Waals surface area contributed by atoms with Crippen LogP contribution in [0.15, 0.2) is 42.5 Å². The van der Waals surface area contributed by atoms with E-state index in [1.165, 1.54) is 12.8 Å². The standard InChI is InChI=1S/C17H22N2/c1-3-8-14-9-7-12-16(14)17(13-18)19(2)15-10-5-4-6-11-15/h3-6,8,10-11,14,16-17H,7,9,12H2,1-2H3/b8-3+/t14-,16-,17+/m1/s1. The number of nitriles is 1. The van der Waals surface area contributed by atoms with Crippen molar-refractivity contribution in [2.75, 3.05) is 11.9 Å². The molecule has 100 valence electrons. The lowest BCUT2D eigenvalue weighted by Crippen LogP contribution is -2.38. The first-order valence-corrected chi connectivity index (χ1v) is 7.08. The zero-order valence-electron chi connectivity index (χ0n) is 11.8. The Balaban J connectivity index is 2.18. The number of nitrogens with zero attached hydrogens (tertiary/aromatic N) is 2. The van der Waals surface area contributed by atoms with Gasteiger partial charge in [-0.3, -0.25) is 0 Å². The van der Waals surface area contributed by atoms with Crippen molar-refractivity contribution < 1.29 is 0 Å². The number of anilines is 1. The van der Waals surface area contributed by atoms with Gasteiger partial charge in [-0.2, -0.15) is 5.26 Å². The van der Waals surface area contributed by atoms with Crippen LogP contribution in [0, 0.1) is 23.2 Å². The summed E-state index contributed by atoms with van der Waals surface area (Å²) in [5.74, 6) is 1.01. The highest BCUT2D eigenvalue weighted by molar-refractivity contribution is 5.48. The average Bonchev–Trinajstić information content (AvgIpc) is 2.89. The minimum absolute atomic E-state index is 0.0360. The van der Waals surface area contributed by atoms with E-state index in [0.29, 0.717) is 11.8 Å². The molecule has 2 rings (SSSR count). The second-order valence-electron chi connectivity index (χ2n) is 5.30.